The Kier molecular flexibility index (Phi) is 4.03. The molecule has 2 aromatic rings. The van der Waals surface area contributed by atoms with Crippen LogP contribution in [-0.2, 0) is 6.61 Å². The molecule has 21 heavy (non-hydrogen) atoms. The molecule has 0 spiro atoms. The van der Waals surface area contributed by atoms with Crippen molar-refractivity contribution in [2.75, 3.05) is 13.2 Å². The zero-order chi connectivity index (χ0) is 14.8. The van der Waals surface area contributed by atoms with Crippen LogP contribution in [0.15, 0.2) is 28.1 Å². The second-order valence-corrected chi connectivity index (χ2v) is 6.09. The number of hydrogen-bond donors (Lipinski definition) is 1. The van der Waals surface area contributed by atoms with Crippen molar-refractivity contribution in [3.63, 3.8) is 0 Å². The SMILES string of the molecule is O=C(O)c1cc(OCc2cc3c(cc2Br)OCCO3)cs1. The monoisotopic (exact) mass is 370 g/mol. The number of fused-ring (bicyclic) bond motifs is 1. The van der Waals surface area contributed by atoms with Crippen LogP contribution in [0.1, 0.15) is 15.2 Å². The Morgan fingerprint density at radius 3 is 2.67 bits per heavy atom. The standard InChI is InChI=1S/C14H11BrO5S/c15-10-5-12-11(18-1-2-19-12)3-8(10)6-20-9-4-13(14(16)17)21-7-9/h3-5,7H,1-2,6H2,(H,16,17). The highest BCUT2D eigenvalue weighted by molar-refractivity contribution is 9.10. The second-order valence-electron chi connectivity index (χ2n) is 4.33. The molecule has 1 aliphatic rings. The first-order valence-electron chi connectivity index (χ1n) is 6.16. The van der Waals surface area contributed by atoms with Crippen molar-refractivity contribution in [3.8, 4) is 17.2 Å². The molecule has 1 aromatic carbocycles. The molecule has 0 amide bonds. The summed E-state index contributed by atoms with van der Waals surface area (Å²) in [6.45, 7) is 1.39. The molecular weight excluding hydrogens is 360 g/mol. The Hall–Kier alpha value is -1.73. The molecule has 0 unspecified atom stereocenters. The maximum atomic E-state index is 10.8. The summed E-state index contributed by atoms with van der Waals surface area (Å²) in [4.78, 5) is 11.1. The molecule has 3 rings (SSSR count). The summed E-state index contributed by atoms with van der Waals surface area (Å²) >= 11 is 4.61. The van der Waals surface area contributed by atoms with Gasteiger partial charge < -0.3 is 19.3 Å². The predicted octanol–water partition coefficient (Wildman–Crippen LogP) is 3.56. The molecule has 0 saturated carbocycles. The second kappa shape index (κ2) is 5.95. The first kappa shape index (κ1) is 14.2. The lowest BCUT2D eigenvalue weighted by atomic mass is 10.2. The molecule has 5 nitrogen and oxygen atoms in total. The van der Waals surface area contributed by atoms with Crippen molar-refractivity contribution in [1.29, 1.82) is 0 Å². The quantitative estimate of drug-likeness (QED) is 0.891. The predicted molar refractivity (Wildman–Crippen MR) is 80.7 cm³/mol. The molecule has 1 N–H and O–H groups in total. The van der Waals surface area contributed by atoms with Gasteiger partial charge in [-0.25, -0.2) is 4.79 Å². The number of carboxylic acids is 1. The van der Waals surface area contributed by atoms with Gasteiger partial charge in [-0.05, 0) is 12.1 Å². The van der Waals surface area contributed by atoms with Crippen LogP contribution in [0, 0.1) is 0 Å². The van der Waals surface area contributed by atoms with Gasteiger partial charge in [0, 0.05) is 21.5 Å². The van der Waals surface area contributed by atoms with Gasteiger partial charge in [0.1, 0.15) is 30.4 Å². The number of halogens is 1. The number of hydrogen-bond acceptors (Lipinski definition) is 5. The largest absolute Gasteiger partial charge is 0.488 e. The first-order valence-corrected chi connectivity index (χ1v) is 7.83. The third kappa shape index (κ3) is 3.14. The number of benzene rings is 1. The van der Waals surface area contributed by atoms with Gasteiger partial charge in [0.15, 0.2) is 11.5 Å². The van der Waals surface area contributed by atoms with Crippen molar-refractivity contribution in [3.05, 3.63) is 38.5 Å². The molecule has 0 radical (unpaired) electrons. The van der Waals surface area contributed by atoms with E-state index in [9.17, 15) is 4.79 Å². The normalized spacial score (nSPS) is 13.0. The lowest BCUT2D eigenvalue weighted by Crippen LogP contribution is -2.15. The minimum Gasteiger partial charge on any atom is -0.488 e. The number of rotatable bonds is 4. The van der Waals surface area contributed by atoms with E-state index < -0.39 is 5.97 Å². The topological polar surface area (TPSA) is 65.0 Å². The lowest BCUT2D eigenvalue weighted by molar-refractivity contribution is 0.0702. The van der Waals surface area contributed by atoms with Gasteiger partial charge >= 0.3 is 5.97 Å². The van der Waals surface area contributed by atoms with Gasteiger partial charge in [0.05, 0.1) is 0 Å². The van der Waals surface area contributed by atoms with Crippen LogP contribution < -0.4 is 14.2 Å². The van der Waals surface area contributed by atoms with Gasteiger partial charge in [-0.15, -0.1) is 11.3 Å². The van der Waals surface area contributed by atoms with Crippen molar-refractivity contribution < 1.29 is 24.1 Å². The number of thiophene rings is 1. The van der Waals surface area contributed by atoms with E-state index in [2.05, 4.69) is 15.9 Å². The van der Waals surface area contributed by atoms with Crippen molar-refractivity contribution in [2.45, 2.75) is 6.61 Å². The third-order valence-electron chi connectivity index (χ3n) is 2.89. The Balaban J connectivity index is 1.73. The summed E-state index contributed by atoms with van der Waals surface area (Å²) in [5.74, 6) is 0.995. The highest BCUT2D eigenvalue weighted by Gasteiger charge is 2.15. The minimum absolute atomic E-state index is 0.256. The van der Waals surface area contributed by atoms with E-state index in [1.165, 1.54) is 6.07 Å². The number of ether oxygens (including phenoxy) is 3. The van der Waals surface area contributed by atoms with Gasteiger partial charge in [0.25, 0.3) is 0 Å². The molecule has 1 aromatic heterocycles. The Bertz CT molecular complexity index is 682. The van der Waals surface area contributed by atoms with Crippen LogP contribution in [0.5, 0.6) is 17.2 Å². The molecular formula is C14H11BrO5S. The average molecular weight is 371 g/mol. The van der Waals surface area contributed by atoms with Gasteiger partial charge in [-0.3, -0.25) is 0 Å². The van der Waals surface area contributed by atoms with Gasteiger partial charge in [0.2, 0.25) is 0 Å². The fourth-order valence-electron chi connectivity index (χ4n) is 1.88. The molecule has 0 atom stereocenters. The molecule has 0 aliphatic carbocycles. The smallest absolute Gasteiger partial charge is 0.346 e. The van der Waals surface area contributed by atoms with Gasteiger partial charge in [-0.1, -0.05) is 15.9 Å². The first-order chi connectivity index (χ1) is 10.1. The lowest BCUT2D eigenvalue weighted by Gasteiger charge is -2.20. The summed E-state index contributed by atoms with van der Waals surface area (Å²) in [7, 11) is 0. The van der Waals surface area contributed by atoms with Crippen molar-refractivity contribution in [2.24, 2.45) is 0 Å². The summed E-state index contributed by atoms with van der Waals surface area (Å²) in [6, 6.07) is 5.23. The Labute approximate surface area is 133 Å². The van der Waals surface area contributed by atoms with Crippen molar-refractivity contribution >= 4 is 33.2 Å². The van der Waals surface area contributed by atoms with E-state index in [1.54, 1.807) is 5.38 Å². The maximum absolute atomic E-state index is 10.8. The maximum Gasteiger partial charge on any atom is 0.346 e. The summed E-state index contributed by atoms with van der Waals surface area (Å²) in [5, 5.41) is 10.6. The van der Waals surface area contributed by atoms with Crippen LogP contribution >= 0.6 is 27.3 Å². The number of carboxylic acid groups (broad SMARTS) is 1. The van der Waals surface area contributed by atoms with E-state index in [-0.39, 0.29) is 4.88 Å². The summed E-state index contributed by atoms with van der Waals surface area (Å²) in [5.41, 5.74) is 0.905. The molecule has 0 saturated heterocycles. The fourth-order valence-corrected chi connectivity index (χ4v) is 2.99. The summed E-state index contributed by atoms with van der Waals surface area (Å²) < 4.78 is 17.5. The molecule has 0 bridgehead atoms. The average Bonchev–Trinajstić information content (AvgIpc) is 2.94. The number of aromatic carboxylic acids is 1. The fraction of sp³-hybridized carbons (Fsp3) is 0.214. The zero-order valence-corrected chi connectivity index (χ0v) is 13.2. The number of carbonyl (C=O) groups is 1. The summed E-state index contributed by atoms with van der Waals surface area (Å²) in [6.07, 6.45) is 0. The van der Waals surface area contributed by atoms with Crippen LogP contribution in [0.25, 0.3) is 0 Å². The van der Waals surface area contributed by atoms with Crippen molar-refractivity contribution in [1.82, 2.24) is 0 Å². The van der Waals surface area contributed by atoms with Crippen LogP contribution in [0.4, 0.5) is 0 Å². The molecule has 2 heterocycles. The van der Waals surface area contributed by atoms with E-state index in [0.29, 0.717) is 37.1 Å². The molecule has 1 aliphatic heterocycles. The van der Waals surface area contributed by atoms with E-state index >= 15 is 0 Å². The molecule has 7 heteroatoms. The van der Waals surface area contributed by atoms with E-state index in [1.807, 2.05) is 12.1 Å². The van der Waals surface area contributed by atoms with E-state index in [0.717, 1.165) is 21.4 Å². The molecule has 110 valence electrons. The van der Waals surface area contributed by atoms with Crippen LogP contribution in [0.2, 0.25) is 0 Å². The third-order valence-corrected chi connectivity index (χ3v) is 4.53. The van der Waals surface area contributed by atoms with Crippen LogP contribution in [0.3, 0.4) is 0 Å². The Morgan fingerprint density at radius 2 is 2.00 bits per heavy atom. The highest BCUT2D eigenvalue weighted by atomic mass is 79.9. The Morgan fingerprint density at radius 1 is 1.29 bits per heavy atom. The van der Waals surface area contributed by atoms with E-state index in [4.69, 9.17) is 19.3 Å². The molecule has 0 fully saturated rings. The highest BCUT2D eigenvalue weighted by Crippen LogP contribution is 2.36. The minimum atomic E-state index is -0.949. The van der Waals surface area contributed by atoms with Gasteiger partial charge in [-0.2, -0.15) is 0 Å². The van der Waals surface area contributed by atoms with Crippen LogP contribution in [-0.4, -0.2) is 24.3 Å². The zero-order valence-electron chi connectivity index (χ0n) is 10.8.